The van der Waals surface area contributed by atoms with Crippen LogP contribution in [0.15, 0.2) is 11.1 Å². The number of carbonyl (C=O) groups excluding carboxylic acids is 1. The van der Waals surface area contributed by atoms with E-state index in [2.05, 4.69) is 6.92 Å². The highest BCUT2D eigenvalue weighted by Crippen LogP contribution is 2.45. The summed E-state index contributed by atoms with van der Waals surface area (Å²) in [5.41, 5.74) is 1.69. The average molecular weight is 236 g/mol. The summed E-state index contributed by atoms with van der Waals surface area (Å²) in [6, 6.07) is 0. The van der Waals surface area contributed by atoms with Crippen LogP contribution in [0.25, 0.3) is 0 Å². The van der Waals surface area contributed by atoms with E-state index in [1.165, 1.54) is 5.57 Å². The van der Waals surface area contributed by atoms with Crippen LogP contribution >= 0.6 is 0 Å². The summed E-state index contributed by atoms with van der Waals surface area (Å²) in [6.07, 6.45) is 3.83. The van der Waals surface area contributed by atoms with Gasteiger partial charge in [-0.3, -0.25) is 4.79 Å². The second kappa shape index (κ2) is 4.24. The summed E-state index contributed by atoms with van der Waals surface area (Å²) < 4.78 is 0. The molecule has 2 aliphatic carbocycles. The first kappa shape index (κ1) is 12.8. The molecule has 0 unspecified atom stereocenters. The van der Waals surface area contributed by atoms with E-state index in [-0.39, 0.29) is 0 Å². The zero-order chi connectivity index (χ0) is 12.8. The molecular formula is C15H24O2. The lowest BCUT2D eigenvalue weighted by atomic mass is 9.82. The molecule has 3 atom stereocenters. The van der Waals surface area contributed by atoms with Crippen molar-refractivity contribution < 1.29 is 9.90 Å². The fourth-order valence-electron chi connectivity index (χ4n) is 3.42. The summed E-state index contributed by atoms with van der Waals surface area (Å²) in [7, 11) is 0. The number of Topliss-reactive ketones (excluding diaryl/α,β-unsaturated/α-hetero) is 1. The Hall–Kier alpha value is -0.630. The van der Waals surface area contributed by atoms with Crippen LogP contribution in [0.2, 0.25) is 0 Å². The molecule has 0 aliphatic heterocycles. The lowest BCUT2D eigenvalue weighted by Crippen LogP contribution is -2.30. The second-order valence-electron chi connectivity index (χ2n) is 6.49. The van der Waals surface area contributed by atoms with Gasteiger partial charge in [0, 0.05) is 6.42 Å². The normalized spacial score (nSPS) is 34.9. The van der Waals surface area contributed by atoms with Crippen LogP contribution in [0, 0.1) is 17.8 Å². The van der Waals surface area contributed by atoms with Crippen molar-refractivity contribution in [2.24, 2.45) is 17.8 Å². The van der Waals surface area contributed by atoms with Crippen LogP contribution in [-0.2, 0) is 4.79 Å². The molecule has 0 heterocycles. The average Bonchev–Trinajstić information content (AvgIpc) is 2.40. The fourth-order valence-corrected chi connectivity index (χ4v) is 3.42. The van der Waals surface area contributed by atoms with Crippen molar-refractivity contribution >= 4 is 5.78 Å². The minimum atomic E-state index is -0.631. The Labute approximate surface area is 104 Å². The van der Waals surface area contributed by atoms with E-state index in [0.29, 0.717) is 30.0 Å². The fraction of sp³-hybridized carbons (Fsp3) is 0.800. The zero-order valence-electron chi connectivity index (χ0n) is 11.4. The number of carbonyl (C=O) groups is 1. The van der Waals surface area contributed by atoms with Gasteiger partial charge in [-0.2, -0.15) is 0 Å². The lowest BCUT2D eigenvalue weighted by molar-refractivity contribution is -0.115. The van der Waals surface area contributed by atoms with Gasteiger partial charge in [-0.25, -0.2) is 0 Å². The van der Waals surface area contributed by atoms with Gasteiger partial charge in [0.15, 0.2) is 5.78 Å². The third-order valence-electron chi connectivity index (χ3n) is 4.88. The van der Waals surface area contributed by atoms with Crippen molar-refractivity contribution in [1.29, 1.82) is 0 Å². The maximum Gasteiger partial charge on any atom is 0.159 e. The smallest absolute Gasteiger partial charge is 0.159 e. The maximum atomic E-state index is 11.8. The molecule has 17 heavy (non-hydrogen) atoms. The summed E-state index contributed by atoms with van der Waals surface area (Å²) in [5.74, 6) is 1.66. The van der Waals surface area contributed by atoms with Crippen molar-refractivity contribution in [3.63, 3.8) is 0 Å². The molecule has 2 nitrogen and oxygen atoms in total. The van der Waals surface area contributed by atoms with Gasteiger partial charge >= 0.3 is 0 Å². The van der Waals surface area contributed by atoms with E-state index in [1.807, 2.05) is 20.8 Å². The van der Waals surface area contributed by atoms with Crippen molar-refractivity contribution in [2.45, 2.75) is 59.0 Å². The minimum absolute atomic E-state index is 0.297. The molecule has 2 aliphatic rings. The van der Waals surface area contributed by atoms with Crippen LogP contribution in [0.1, 0.15) is 53.4 Å². The van der Waals surface area contributed by atoms with Gasteiger partial charge in [-0.15, -0.1) is 0 Å². The molecule has 2 heteroatoms. The number of allylic oxidation sites excluding steroid dienone is 2. The third kappa shape index (κ3) is 2.33. The predicted molar refractivity (Wildman–Crippen MR) is 68.6 cm³/mol. The van der Waals surface area contributed by atoms with E-state index in [0.717, 1.165) is 24.8 Å². The largest absolute Gasteiger partial charge is 0.390 e. The predicted octanol–water partition coefficient (Wildman–Crippen LogP) is 3.10. The van der Waals surface area contributed by atoms with Crippen molar-refractivity contribution in [3.05, 3.63) is 11.1 Å². The molecule has 0 amide bonds. The van der Waals surface area contributed by atoms with Gasteiger partial charge in [0.05, 0.1) is 5.60 Å². The molecule has 1 N–H and O–H groups in total. The highest BCUT2D eigenvalue weighted by molar-refractivity contribution is 5.98. The molecule has 1 saturated carbocycles. The van der Waals surface area contributed by atoms with Crippen LogP contribution in [-0.4, -0.2) is 16.5 Å². The molecular weight excluding hydrogens is 212 g/mol. The van der Waals surface area contributed by atoms with E-state index < -0.39 is 5.60 Å². The SMILES string of the molecule is CC1=C2C[C@H](C(C)(C)O)CC[C@H](C)[C@H]2CC1=O. The zero-order valence-corrected chi connectivity index (χ0v) is 11.4. The Bertz CT molecular complexity index is 360. The number of fused-ring (bicyclic) bond motifs is 1. The summed E-state index contributed by atoms with van der Waals surface area (Å²) in [4.78, 5) is 11.8. The summed E-state index contributed by atoms with van der Waals surface area (Å²) in [6.45, 7) is 8.02. The van der Waals surface area contributed by atoms with Crippen molar-refractivity contribution in [2.75, 3.05) is 0 Å². The topological polar surface area (TPSA) is 37.3 Å². The third-order valence-corrected chi connectivity index (χ3v) is 4.88. The van der Waals surface area contributed by atoms with E-state index in [9.17, 15) is 9.90 Å². The summed E-state index contributed by atoms with van der Waals surface area (Å²) >= 11 is 0. The molecule has 0 aromatic heterocycles. The van der Waals surface area contributed by atoms with Gasteiger partial charge < -0.3 is 5.11 Å². The number of rotatable bonds is 1. The van der Waals surface area contributed by atoms with Crippen LogP contribution in [0.5, 0.6) is 0 Å². The van der Waals surface area contributed by atoms with E-state index in [4.69, 9.17) is 0 Å². The number of hydrogen-bond donors (Lipinski definition) is 1. The Balaban J connectivity index is 2.31. The first-order valence-corrected chi connectivity index (χ1v) is 6.76. The Morgan fingerprint density at radius 2 is 1.88 bits per heavy atom. The standard InChI is InChI=1S/C15H24O2/c1-9-5-6-11(15(3,4)17)7-13-10(2)14(16)8-12(9)13/h9,11-12,17H,5-8H2,1-4H3/t9-,11+,12+/m0/s1. The lowest BCUT2D eigenvalue weighted by Gasteiger charge is -2.29. The Kier molecular flexibility index (Phi) is 3.19. The quantitative estimate of drug-likeness (QED) is 0.759. The molecule has 96 valence electrons. The first-order chi connectivity index (χ1) is 7.80. The van der Waals surface area contributed by atoms with Gasteiger partial charge in [-0.1, -0.05) is 12.5 Å². The second-order valence-corrected chi connectivity index (χ2v) is 6.49. The Morgan fingerprint density at radius 1 is 1.24 bits per heavy atom. The van der Waals surface area contributed by atoms with Crippen LogP contribution < -0.4 is 0 Å². The van der Waals surface area contributed by atoms with Crippen molar-refractivity contribution in [1.82, 2.24) is 0 Å². The van der Waals surface area contributed by atoms with Crippen LogP contribution in [0.4, 0.5) is 0 Å². The molecule has 0 spiro atoms. The summed E-state index contributed by atoms with van der Waals surface area (Å²) in [5, 5.41) is 10.2. The van der Waals surface area contributed by atoms with E-state index >= 15 is 0 Å². The van der Waals surface area contributed by atoms with E-state index in [1.54, 1.807) is 0 Å². The molecule has 0 saturated heterocycles. The molecule has 0 bridgehead atoms. The first-order valence-electron chi connectivity index (χ1n) is 6.76. The highest BCUT2D eigenvalue weighted by Gasteiger charge is 2.39. The van der Waals surface area contributed by atoms with Crippen LogP contribution in [0.3, 0.4) is 0 Å². The van der Waals surface area contributed by atoms with Gasteiger partial charge in [0.1, 0.15) is 0 Å². The Morgan fingerprint density at radius 3 is 2.47 bits per heavy atom. The molecule has 0 radical (unpaired) electrons. The highest BCUT2D eigenvalue weighted by atomic mass is 16.3. The number of hydrogen-bond acceptors (Lipinski definition) is 2. The van der Waals surface area contributed by atoms with Crippen molar-refractivity contribution in [3.8, 4) is 0 Å². The number of ketones is 1. The molecule has 2 rings (SSSR count). The minimum Gasteiger partial charge on any atom is -0.390 e. The number of aliphatic hydroxyl groups is 1. The monoisotopic (exact) mass is 236 g/mol. The van der Waals surface area contributed by atoms with Gasteiger partial charge in [0.2, 0.25) is 0 Å². The maximum absolute atomic E-state index is 11.8. The molecule has 1 fully saturated rings. The van der Waals surface area contributed by atoms with Gasteiger partial charge in [0.25, 0.3) is 0 Å². The molecule has 0 aromatic carbocycles. The molecule has 0 aromatic rings. The van der Waals surface area contributed by atoms with Gasteiger partial charge in [-0.05, 0) is 63.4 Å².